The van der Waals surface area contributed by atoms with E-state index in [1.54, 1.807) is 13.1 Å². The van der Waals surface area contributed by atoms with E-state index in [0.29, 0.717) is 5.57 Å². The lowest BCUT2D eigenvalue weighted by Gasteiger charge is -2.16. The smallest absolute Gasteiger partial charge is 0.254 e. The molecular formula is C11H16N2O2. The summed E-state index contributed by atoms with van der Waals surface area (Å²) in [5, 5.41) is 2.44. The summed E-state index contributed by atoms with van der Waals surface area (Å²) in [5.41, 5.74) is 0.413. The number of nitrogens with one attached hydrogen (secondary N) is 1. The fraction of sp³-hybridized carbons (Fsp3) is 0.273. The van der Waals surface area contributed by atoms with E-state index in [4.69, 9.17) is 0 Å². The van der Waals surface area contributed by atoms with Gasteiger partial charge in [0.25, 0.3) is 5.91 Å². The molecule has 0 saturated heterocycles. The first-order valence-corrected chi connectivity index (χ1v) is 4.48. The third kappa shape index (κ3) is 4.26. The first kappa shape index (κ1) is 13.2. The van der Waals surface area contributed by atoms with E-state index >= 15 is 0 Å². The predicted molar refractivity (Wildman–Crippen MR) is 60.2 cm³/mol. The van der Waals surface area contributed by atoms with Crippen LogP contribution in [0.4, 0.5) is 0 Å². The van der Waals surface area contributed by atoms with Gasteiger partial charge in [-0.2, -0.15) is 0 Å². The largest absolute Gasteiger partial charge is 0.358 e. The van der Waals surface area contributed by atoms with Crippen molar-refractivity contribution in [1.82, 2.24) is 10.2 Å². The van der Waals surface area contributed by atoms with Gasteiger partial charge in [0, 0.05) is 19.7 Å². The number of likely N-dealkylation sites (N-methyl/N-ethyl adjacent to an activating group) is 2. The summed E-state index contributed by atoms with van der Waals surface area (Å²) in [6.07, 6.45) is 4.49. The van der Waals surface area contributed by atoms with Gasteiger partial charge >= 0.3 is 0 Å². The molecule has 2 amide bonds. The fourth-order valence-electron chi connectivity index (χ4n) is 0.940. The average molecular weight is 208 g/mol. The summed E-state index contributed by atoms with van der Waals surface area (Å²) in [5.74, 6) is -0.471. The normalized spacial score (nSPS) is 10.4. The summed E-state index contributed by atoms with van der Waals surface area (Å²) in [4.78, 5) is 24.0. The Morgan fingerprint density at radius 2 is 2.00 bits per heavy atom. The monoisotopic (exact) mass is 208 g/mol. The molecule has 0 aliphatic rings. The van der Waals surface area contributed by atoms with Crippen molar-refractivity contribution >= 4 is 11.8 Å². The highest BCUT2D eigenvalue weighted by Crippen LogP contribution is 2.01. The van der Waals surface area contributed by atoms with Gasteiger partial charge in [-0.1, -0.05) is 31.4 Å². The average Bonchev–Trinajstić information content (AvgIpc) is 2.24. The molecule has 0 aromatic carbocycles. The minimum absolute atomic E-state index is 0.0255. The van der Waals surface area contributed by atoms with Gasteiger partial charge in [-0.05, 0) is 0 Å². The molecule has 1 N–H and O–H groups in total. The van der Waals surface area contributed by atoms with E-state index in [2.05, 4.69) is 18.5 Å². The van der Waals surface area contributed by atoms with E-state index < -0.39 is 0 Å². The Morgan fingerprint density at radius 3 is 2.40 bits per heavy atom. The number of allylic oxidation sites excluding steroid dienone is 2. The van der Waals surface area contributed by atoms with Gasteiger partial charge < -0.3 is 10.2 Å². The van der Waals surface area contributed by atoms with Crippen molar-refractivity contribution in [1.29, 1.82) is 0 Å². The highest BCUT2D eigenvalue weighted by Gasteiger charge is 2.13. The first-order valence-electron chi connectivity index (χ1n) is 4.48. The number of carbonyl (C=O) groups excluding carboxylic acids is 2. The van der Waals surface area contributed by atoms with Crippen molar-refractivity contribution in [2.45, 2.75) is 0 Å². The first-order chi connectivity index (χ1) is 7.06. The van der Waals surface area contributed by atoms with Crippen LogP contribution in [0.1, 0.15) is 0 Å². The molecule has 0 radical (unpaired) electrons. The van der Waals surface area contributed by atoms with Crippen LogP contribution in [0, 0.1) is 0 Å². The van der Waals surface area contributed by atoms with Crippen molar-refractivity contribution in [3.8, 4) is 0 Å². The quantitative estimate of drug-likeness (QED) is 0.528. The molecule has 0 bridgehead atoms. The van der Waals surface area contributed by atoms with Gasteiger partial charge in [-0.25, -0.2) is 0 Å². The summed E-state index contributed by atoms with van der Waals surface area (Å²) < 4.78 is 0. The molecule has 0 aliphatic carbocycles. The van der Waals surface area contributed by atoms with Crippen LogP contribution in [0.15, 0.2) is 37.0 Å². The van der Waals surface area contributed by atoms with Gasteiger partial charge in [-0.15, -0.1) is 0 Å². The summed E-state index contributed by atoms with van der Waals surface area (Å²) >= 11 is 0. The van der Waals surface area contributed by atoms with Crippen molar-refractivity contribution in [3.05, 3.63) is 37.0 Å². The maximum Gasteiger partial charge on any atom is 0.254 e. The molecule has 0 saturated carbocycles. The van der Waals surface area contributed by atoms with Crippen molar-refractivity contribution < 1.29 is 9.59 Å². The molecule has 82 valence electrons. The van der Waals surface area contributed by atoms with E-state index in [9.17, 15) is 9.59 Å². The summed E-state index contributed by atoms with van der Waals surface area (Å²) in [6, 6.07) is 0. The van der Waals surface area contributed by atoms with Crippen LogP contribution >= 0.6 is 0 Å². The van der Waals surface area contributed by atoms with Crippen LogP contribution in [-0.2, 0) is 9.59 Å². The van der Waals surface area contributed by atoms with E-state index in [0.717, 1.165) is 0 Å². The van der Waals surface area contributed by atoms with Crippen molar-refractivity contribution in [2.75, 3.05) is 20.6 Å². The lowest BCUT2D eigenvalue weighted by Crippen LogP contribution is -2.37. The Bertz CT molecular complexity index is 306. The zero-order chi connectivity index (χ0) is 11.8. The molecule has 0 heterocycles. The van der Waals surface area contributed by atoms with E-state index in [1.807, 2.05) is 0 Å². The Balaban J connectivity index is 4.55. The number of amides is 2. The molecule has 0 aromatic heterocycles. The van der Waals surface area contributed by atoms with E-state index in [-0.39, 0.29) is 18.4 Å². The highest BCUT2D eigenvalue weighted by atomic mass is 16.2. The second-order valence-corrected chi connectivity index (χ2v) is 2.90. The zero-order valence-electron chi connectivity index (χ0n) is 9.12. The minimum atomic E-state index is -0.256. The Labute approximate surface area is 90.0 Å². The second kappa shape index (κ2) is 6.59. The number of hydrogen-bond acceptors (Lipinski definition) is 2. The Morgan fingerprint density at radius 1 is 1.40 bits per heavy atom. The minimum Gasteiger partial charge on any atom is -0.358 e. The van der Waals surface area contributed by atoms with Crippen LogP contribution in [0.25, 0.3) is 0 Å². The molecular weight excluding hydrogens is 192 g/mol. The lowest BCUT2D eigenvalue weighted by atomic mass is 10.2. The van der Waals surface area contributed by atoms with Crippen LogP contribution in [0.5, 0.6) is 0 Å². The fourth-order valence-corrected chi connectivity index (χ4v) is 0.940. The van der Waals surface area contributed by atoms with Crippen molar-refractivity contribution in [2.24, 2.45) is 0 Å². The lowest BCUT2D eigenvalue weighted by molar-refractivity contribution is -0.131. The van der Waals surface area contributed by atoms with Crippen LogP contribution in [-0.4, -0.2) is 37.4 Å². The third-order valence-corrected chi connectivity index (χ3v) is 1.77. The number of carbonyl (C=O) groups is 2. The maximum atomic E-state index is 11.7. The van der Waals surface area contributed by atoms with Gasteiger partial charge in [0.05, 0.1) is 6.54 Å². The molecule has 4 heteroatoms. The summed E-state index contributed by atoms with van der Waals surface area (Å²) in [6.45, 7) is 7.04. The Kier molecular flexibility index (Phi) is 5.78. The molecule has 15 heavy (non-hydrogen) atoms. The predicted octanol–water partition coefficient (Wildman–Crippen LogP) is 0.489. The molecule has 0 spiro atoms. The van der Waals surface area contributed by atoms with Gasteiger partial charge in [0.1, 0.15) is 0 Å². The molecule has 0 rings (SSSR count). The SMILES string of the molecule is C=C/C=C(\C=C)C(=O)N(C)CC(=O)NC. The zero-order valence-corrected chi connectivity index (χ0v) is 9.12. The summed E-state index contributed by atoms with van der Waals surface area (Å²) in [7, 11) is 3.08. The molecule has 4 nitrogen and oxygen atoms in total. The van der Waals surface area contributed by atoms with Crippen LogP contribution in [0.2, 0.25) is 0 Å². The third-order valence-electron chi connectivity index (χ3n) is 1.77. The number of nitrogens with zero attached hydrogens (tertiary/aromatic N) is 1. The molecule has 0 fully saturated rings. The van der Waals surface area contributed by atoms with Gasteiger partial charge in [-0.3, -0.25) is 9.59 Å². The topological polar surface area (TPSA) is 49.4 Å². The Hall–Kier alpha value is -1.84. The van der Waals surface area contributed by atoms with Crippen LogP contribution < -0.4 is 5.32 Å². The highest BCUT2D eigenvalue weighted by molar-refractivity contribution is 5.98. The van der Waals surface area contributed by atoms with Gasteiger partial charge in [0.2, 0.25) is 5.91 Å². The second-order valence-electron chi connectivity index (χ2n) is 2.90. The number of rotatable bonds is 5. The standard InChI is InChI=1S/C11H16N2O2/c1-5-7-9(6-2)11(15)13(4)8-10(14)12-3/h5-7H,1-2,8H2,3-4H3,(H,12,14)/b9-7+. The molecule has 0 aromatic rings. The van der Waals surface area contributed by atoms with E-state index in [1.165, 1.54) is 24.1 Å². The van der Waals surface area contributed by atoms with Crippen molar-refractivity contribution in [3.63, 3.8) is 0 Å². The van der Waals surface area contributed by atoms with Gasteiger partial charge in [0.15, 0.2) is 0 Å². The van der Waals surface area contributed by atoms with Crippen LogP contribution in [0.3, 0.4) is 0 Å². The molecule has 0 aliphatic heterocycles. The maximum absolute atomic E-state index is 11.7. The molecule has 0 atom stereocenters. The number of hydrogen-bond donors (Lipinski definition) is 1. The molecule has 0 unspecified atom stereocenters.